The summed E-state index contributed by atoms with van der Waals surface area (Å²) in [7, 11) is 0. The number of carbonyl (C=O) groups excluding carboxylic acids is 1. The van der Waals surface area contributed by atoms with E-state index in [1.807, 2.05) is 24.3 Å². The predicted molar refractivity (Wildman–Crippen MR) is 135 cm³/mol. The Morgan fingerprint density at radius 2 is 1.91 bits per heavy atom. The number of primary amides is 1. The number of rotatable bonds is 7. The third-order valence-corrected chi connectivity index (χ3v) is 6.60. The van der Waals surface area contributed by atoms with Crippen molar-refractivity contribution < 1.29 is 9.53 Å². The lowest BCUT2D eigenvalue weighted by Crippen LogP contribution is -2.40. The number of benzene rings is 3. The van der Waals surface area contributed by atoms with Crippen LogP contribution in [0.25, 0.3) is 22.4 Å². The van der Waals surface area contributed by atoms with Crippen LogP contribution in [0.15, 0.2) is 66.7 Å². The van der Waals surface area contributed by atoms with Crippen molar-refractivity contribution >= 4 is 16.9 Å². The van der Waals surface area contributed by atoms with E-state index in [1.54, 1.807) is 18.2 Å². The van der Waals surface area contributed by atoms with Gasteiger partial charge in [-0.2, -0.15) is 0 Å². The molecule has 0 radical (unpaired) electrons. The fourth-order valence-electron chi connectivity index (χ4n) is 4.62. The number of hydrogen-bond donors (Lipinski definition) is 3. The van der Waals surface area contributed by atoms with E-state index in [0.717, 1.165) is 47.7 Å². The molecular formula is C28H30N4O2. The second kappa shape index (κ2) is 9.69. The lowest BCUT2D eigenvalue weighted by atomic mass is 9.89. The van der Waals surface area contributed by atoms with Gasteiger partial charge in [-0.3, -0.25) is 4.79 Å². The highest BCUT2D eigenvalue weighted by Crippen LogP contribution is 2.27. The number of ether oxygens (including phenoxy) is 1. The van der Waals surface area contributed by atoms with Gasteiger partial charge in [0.25, 0.3) is 0 Å². The molecule has 0 spiro atoms. The summed E-state index contributed by atoms with van der Waals surface area (Å²) in [6.45, 7) is 4.19. The van der Waals surface area contributed by atoms with Gasteiger partial charge in [0.1, 0.15) is 17.7 Å². The Morgan fingerprint density at radius 3 is 2.62 bits per heavy atom. The third kappa shape index (κ3) is 4.97. The molecule has 6 nitrogen and oxygen atoms in total. The third-order valence-electron chi connectivity index (χ3n) is 6.60. The van der Waals surface area contributed by atoms with Gasteiger partial charge in [-0.25, -0.2) is 4.98 Å². The zero-order chi connectivity index (χ0) is 23.5. The molecule has 174 valence electrons. The highest BCUT2D eigenvalue weighted by Gasteiger charge is 2.25. The van der Waals surface area contributed by atoms with E-state index in [1.165, 1.54) is 24.0 Å². The molecule has 2 unspecified atom stereocenters. The van der Waals surface area contributed by atoms with Crippen molar-refractivity contribution in [2.45, 2.75) is 32.3 Å². The SMILES string of the molecule is Cc1ccc(CC(Oc2ccc(-c3nc4ccc(C(N)=O)cc4[nH]3)cc2)C2CCCNC2)cc1. The molecule has 3 aromatic carbocycles. The normalized spacial score (nSPS) is 16.9. The summed E-state index contributed by atoms with van der Waals surface area (Å²) in [5.74, 6) is 1.63. The summed E-state index contributed by atoms with van der Waals surface area (Å²) in [5, 5.41) is 3.53. The quantitative estimate of drug-likeness (QED) is 0.380. The first-order valence-corrected chi connectivity index (χ1v) is 11.9. The average Bonchev–Trinajstić information content (AvgIpc) is 3.29. The minimum Gasteiger partial charge on any atom is -0.490 e. The standard InChI is InChI=1S/C28H30N4O2/c1-18-4-6-19(7-5-18)15-26(22-3-2-14-30-17-22)34-23-11-8-20(9-12-23)28-31-24-13-10-21(27(29)33)16-25(24)32-28/h4-13,16,22,26,30H,2-3,14-15,17H2,1H3,(H2,29,33)(H,31,32). The van der Waals surface area contributed by atoms with Crippen LogP contribution in [0.1, 0.15) is 34.3 Å². The Balaban J connectivity index is 1.34. The topological polar surface area (TPSA) is 93.0 Å². The summed E-state index contributed by atoms with van der Waals surface area (Å²) < 4.78 is 6.56. The fourth-order valence-corrected chi connectivity index (χ4v) is 4.62. The van der Waals surface area contributed by atoms with Crippen LogP contribution in [0.2, 0.25) is 0 Å². The van der Waals surface area contributed by atoms with Gasteiger partial charge in [0.2, 0.25) is 5.91 Å². The Hall–Kier alpha value is -3.64. The number of H-pyrrole nitrogens is 1. The molecule has 0 saturated carbocycles. The molecule has 2 heterocycles. The smallest absolute Gasteiger partial charge is 0.248 e. The van der Waals surface area contributed by atoms with Gasteiger partial charge in [-0.1, -0.05) is 29.8 Å². The minimum absolute atomic E-state index is 0.111. The number of aromatic amines is 1. The molecule has 0 bridgehead atoms. The molecule has 1 amide bonds. The second-order valence-corrected chi connectivity index (χ2v) is 9.16. The molecule has 1 aromatic heterocycles. The summed E-state index contributed by atoms with van der Waals surface area (Å²) in [5.41, 5.74) is 11.0. The van der Waals surface area contributed by atoms with Crippen LogP contribution in [0, 0.1) is 12.8 Å². The molecule has 6 heteroatoms. The van der Waals surface area contributed by atoms with E-state index in [-0.39, 0.29) is 6.10 Å². The van der Waals surface area contributed by atoms with E-state index in [2.05, 4.69) is 46.5 Å². The first-order chi connectivity index (χ1) is 16.5. The number of aryl methyl sites for hydroxylation is 1. The van der Waals surface area contributed by atoms with Gasteiger partial charge in [0.05, 0.1) is 11.0 Å². The largest absolute Gasteiger partial charge is 0.490 e. The van der Waals surface area contributed by atoms with E-state index in [9.17, 15) is 4.79 Å². The molecule has 5 rings (SSSR count). The first kappa shape index (κ1) is 22.2. The number of nitrogens with one attached hydrogen (secondary N) is 2. The summed E-state index contributed by atoms with van der Waals surface area (Å²) in [6.07, 6.45) is 3.36. The highest BCUT2D eigenvalue weighted by atomic mass is 16.5. The van der Waals surface area contributed by atoms with Crippen LogP contribution in [0.3, 0.4) is 0 Å². The molecule has 1 aliphatic heterocycles. The van der Waals surface area contributed by atoms with Gasteiger partial charge in [-0.15, -0.1) is 0 Å². The van der Waals surface area contributed by atoms with Gasteiger partial charge < -0.3 is 20.8 Å². The Labute approximate surface area is 199 Å². The van der Waals surface area contributed by atoms with E-state index in [0.29, 0.717) is 11.5 Å². The lowest BCUT2D eigenvalue weighted by Gasteiger charge is -2.31. The minimum atomic E-state index is -0.451. The molecule has 0 aliphatic carbocycles. The highest BCUT2D eigenvalue weighted by molar-refractivity contribution is 5.96. The first-order valence-electron chi connectivity index (χ1n) is 11.9. The van der Waals surface area contributed by atoms with Crippen LogP contribution in [0.5, 0.6) is 5.75 Å². The summed E-state index contributed by atoms with van der Waals surface area (Å²) in [6, 6.07) is 22.0. The molecule has 4 N–H and O–H groups in total. The van der Waals surface area contributed by atoms with E-state index >= 15 is 0 Å². The number of nitrogens with two attached hydrogens (primary N) is 1. The van der Waals surface area contributed by atoms with Crippen molar-refractivity contribution in [3.05, 3.63) is 83.4 Å². The fraction of sp³-hybridized carbons (Fsp3) is 0.286. The number of carbonyl (C=O) groups is 1. The van der Waals surface area contributed by atoms with Gasteiger partial charge in [-0.05, 0) is 74.3 Å². The Bertz CT molecular complexity index is 1270. The van der Waals surface area contributed by atoms with Gasteiger partial charge >= 0.3 is 0 Å². The van der Waals surface area contributed by atoms with Gasteiger partial charge in [0.15, 0.2) is 0 Å². The van der Waals surface area contributed by atoms with Gasteiger partial charge in [0, 0.05) is 30.0 Å². The molecule has 1 fully saturated rings. The van der Waals surface area contributed by atoms with Crippen LogP contribution in [-0.2, 0) is 6.42 Å². The number of piperidine rings is 1. The lowest BCUT2D eigenvalue weighted by molar-refractivity contribution is 0.100. The maximum Gasteiger partial charge on any atom is 0.248 e. The molecule has 1 aliphatic rings. The maximum atomic E-state index is 11.5. The van der Waals surface area contributed by atoms with Crippen LogP contribution in [0.4, 0.5) is 0 Å². The number of fused-ring (bicyclic) bond motifs is 1. The monoisotopic (exact) mass is 454 g/mol. The van der Waals surface area contributed by atoms with Crippen molar-refractivity contribution in [3.63, 3.8) is 0 Å². The van der Waals surface area contributed by atoms with Crippen molar-refractivity contribution in [1.29, 1.82) is 0 Å². The van der Waals surface area contributed by atoms with Crippen molar-refractivity contribution in [2.75, 3.05) is 13.1 Å². The molecule has 4 aromatic rings. The molecular weight excluding hydrogens is 424 g/mol. The molecule has 1 saturated heterocycles. The summed E-state index contributed by atoms with van der Waals surface area (Å²) in [4.78, 5) is 19.4. The Kier molecular flexibility index (Phi) is 6.32. The number of hydrogen-bond acceptors (Lipinski definition) is 4. The van der Waals surface area contributed by atoms with Crippen molar-refractivity contribution in [2.24, 2.45) is 11.7 Å². The van der Waals surface area contributed by atoms with Crippen molar-refractivity contribution in [3.8, 4) is 17.1 Å². The zero-order valence-electron chi connectivity index (χ0n) is 19.4. The number of imidazole rings is 1. The predicted octanol–water partition coefficient (Wildman–Crippen LogP) is 4.63. The maximum absolute atomic E-state index is 11.5. The van der Waals surface area contributed by atoms with Crippen molar-refractivity contribution in [1.82, 2.24) is 15.3 Å². The number of nitrogens with zero attached hydrogens (tertiary/aromatic N) is 1. The van der Waals surface area contributed by atoms with E-state index in [4.69, 9.17) is 10.5 Å². The number of aromatic nitrogens is 2. The van der Waals surface area contributed by atoms with Crippen LogP contribution in [-0.4, -0.2) is 35.1 Å². The average molecular weight is 455 g/mol. The number of amides is 1. The summed E-state index contributed by atoms with van der Waals surface area (Å²) >= 11 is 0. The zero-order valence-corrected chi connectivity index (χ0v) is 19.4. The van der Waals surface area contributed by atoms with Crippen LogP contribution >= 0.6 is 0 Å². The molecule has 2 atom stereocenters. The Morgan fingerprint density at radius 1 is 1.12 bits per heavy atom. The van der Waals surface area contributed by atoms with E-state index < -0.39 is 5.91 Å². The molecule has 34 heavy (non-hydrogen) atoms. The van der Waals surface area contributed by atoms with Crippen LogP contribution < -0.4 is 15.8 Å². The second-order valence-electron chi connectivity index (χ2n) is 9.16.